The van der Waals surface area contributed by atoms with E-state index in [0.29, 0.717) is 5.56 Å². The van der Waals surface area contributed by atoms with Crippen molar-refractivity contribution in [2.75, 3.05) is 0 Å². The topological polar surface area (TPSA) is 23.8 Å². The van der Waals surface area contributed by atoms with Gasteiger partial charge in [-0.15, -0.1) is 0 Å². The normalized spacial score (nSPS) is 17.5. The first-order valence-electron chi connectivity index (χ1n) is 16.3. The molecule has 7 aromatic carbocycles. The Morgan fingerprint density at radius 1 is 0.553 bits per heavy atom. The van der Waals surface area contributed by atoms with Crippen LogP contribution in [0.25, 0.3) is 39.1 Å². The van der Waals surface area contributed by atoms with E-state index < -0.39 is 5.41 Å². The molecular formula is C46H31N. The van der Waals surface area contributed by atoms with Crippen LogP contribution in [0.15, 0.2) is 164 Å². The third-order valence-corrected chi connectivity index (χ3v) is 10.3. The maximum Gasteiger partial charge on any atom is 0.0991 e. The molecule has 7 aromatic rings. The average molecular weight is 598 g/mol. The standard InChI is InChI=1S/C46H31N/c47-30-31-20-26-39(27-21-31)46(38-14-2-1-3-15-38)44-40(36-24-22-32-10-4-6-12-34(32)28-36)16-8-18-42(44)43-19-9-17-41(45(43)46)37-25-23-33-11-5-7-13-35(33)29-37/h1-28,37H,29H2. The summed E-state index contributed by atoms with van der Waals surface area (Å²) in [5.41, 5.74) is 14.1. The minimum atomic E-state index is -0.608. The van der Waals surface area contributed by atoms with E-state index in [-0.39, 0.29) is 5.92 Å². The van der Waals surface area contributed by atoms with Gasteiger partial charge in [0.1, 0.15) is 0 Å². The van der Waals surface area contributed by atoms with Crippen LogP contribution in [0.3, 0.4) is 0 Å². The zero-order valence-corrected chi connectivity index (χ0v) is 25.9. The molecule has 220 valence electrons. The van der Waals surface area contributed by atoms with Crippen molar-refractivity contribution >= 4 is 16.8 Å². The zero-order valence-electron chi connectivity index (χ0n) is 25.9. The Bertz CT molecular complexity index is 2390. The molecule has 0 heterocycles. The number of hydrogen-bond donors (Lipinski definition) is 0. The molecule has 0 aromatic heterocycles. The second kappa shape index (κ2) is 10.8. The van der Waals surface area contributed by atoms with Crippen molar-refractivity contribution in [3.8, 4) is 28.3 Å². The van der Waals surface area contributed by atoms with Crippen molar-refractivity contribution in [3.05, 3.63) is 208 Å². The lowest BCUT2D eigenvalue weighted by Gasteiger charge is -2.37. The van der Waals surface area contributed by atoms with E-state index in [0.717, 1.165) is 6.42 Å². The smallest absolute Gasteiger partial charge is 0.0991 e. The van der Waals surface area contributed by atoms with Crippen LogP contribution in [0, 0.1) is 11.3 Å². The van der Waals surface area contributed by atoms with Gasteiger partial charge in [-0.1, -0.05) is 152 Å². The molecular weight excluding hydrogens is 567 g/mol. The molecule has 0 saturated heterocycles. The lowest BCUT2D eigenvalue weighted by atomic mass is 9.63. The molecule has 0 saturated carbocycles. The molecule has 9 rings (SSSR count). The van der Waals surface area contributed by atoms with Crippen molar-refractivity contribution in [2.24, 2.45) is 0 Å². The fourth-order valence-corrected chi connectivity index (χ4v) is 8.27. The van der Waals surface area contributed by atoms with Crippen LogP contribution < -0.4 is 0 Å². The average Bonchev–Trinajstić information content (AvgIpc) is 3.46. The monoisotopic (exact) mass is 597 g/mol. The molecule has 0 amide bonds. The van der Waals surface area contributed by atoms with E-state index in [4.69, 9.17) is 0 Å². The first-order chi connectivity index (χ1) is 23.3. The van der Waals surface area contributed by atoms with Gasteiger partial charge in [0.2, 0.25) is 0 Å². The van der Waals surface area contributed by atoms with Crippen LogP contribution in [0.1, 0.15) is 50.4 Å². The lowest BCUT2D eigenvalue weighted by Crippen LogP contribution is -2.31. The van der Waals surface area contributed by atoms with Crippen molar-refractivity contribution in [2.45, 2.75) is 17.8 Å². The molecule has 0 radical (unpaired) electrons. The van der Waals surface area contributed by atoms with Gasteiger partial charge in [-0.3, -0.25) is 0 Å². The Kier molecular flexibility index (Phi) is 6.30. The number of hydrogen-bond acceptors (Lipinski definition) is 1. The number of nitrogens with zero attached hydrogens (tertiary/aromatic N) is 1. The van der Waals surface area contributed by atoms with Gasteiger partial charge in [0.15, 0.2) is 0 Å². The molecule has 0 aliphatic heterocycles. The van der Waals surface area contributed by atoms with E-state index in [2.05, 4.69) is 164 Å². The fraction of sp³-hybridized carbons (Fsp3) is 0.0652. The zero-order chi connectivity index (χ0) is 31.4. The Labute approximate surface area is 275 Å². The summed E-state index contributed by atoms with van der Waals surface area (Å²) < 4.78 is 0. The lowest BCUT2D eigenvalue weighted by molar-refractivity contribution is 0.730. The number of nitriles is 1. The van der Waals surface area contributed by atoms with Crippen LogP contribution in [0.5, 0.6) is 0 Å². The summed E-state index contributed by atoms with van der Waals surface area (Å²) in [6.07, 6.45) is 5.66. The summed E-state index contributed by atoms with van der Waals surface area (Å²) >= 11 is 0. The summed E-state index contributed by atoms with van der Waals surface area (Å²) in [7, 11) is 0. The van der Waals surface area contributed by atoms with Crippen LogP contribution in [0.4, 0.5) is 0 Å². The Balaban J connectivity index is 1.40. The molecule has 2 atom stereocenters. The van der Waals surface area contributed by atoms with Crippen molar-refractivity contribution in [3.63, 3.8) is 0 Å². The number of fused-ring (bicyclic) bond motifs is 5. The van der Waals surface area contributed by atoms with Crippen LogP contribution in [0.2, 0.25) is 0 Å². The third-order valence-electron chi connectivity index (χ3n) is 10.3. The van der Waals surface area contributed by atoms with E-state index in [9.17, 15) is 5.26 Å². The quantitative estimate of drug-likeness (QED) is 0.198. The molecule has 0 N–H and O–H groups in total. The third kappa shape index (κ3) is 4.16. The molecule has 2 aliphatic carbocycles. The van der Waals surface area contributed by atoms with Gasteiger partial charge in [-0.05, 0) is 96.6 Å². The highest BCUT2D eigenvalue weighted by Gasteiger charge is 2.49. The molecule has 1 heteroatoms. The van der Waals surface area contributed by atoms with Crippen LogP contribution in [-0.4, -0.2) is 0 Å². The molecule has 0 bridgehead atoms. The highest BCUT2D eigenvalue weighted by molar-refractivity contribution is 5.96. The molecule has 2 unspecified atom stereocenters. The van der Waals surface area contributed by atoms with Gasteiger partial charge in [-0.2, -0.15) is 5.26 Å². The van der Waals surface area contributed by atoms with E-state index in [1.54, 1.807) is 0 Å². The summed E-state index contributed by atoms with van der Waals surface area (Å²) in [4.78, 5) is 0. The first kappa shape index (κ1) is 27.3. The van der Waals surface area contributed by atoms with Crippen LogP contribution in [-0.2, 0) is 11.8 Å². The summed E-state index contributed by atoms with van der Waals surface area (Å²) in [6.45, 7) is 0. The Morgan fingerprint density at radius 3 is 2.06 bits per heavy atom. The van der Waals surface area contributed by atoms with Crippen molar-refractivity contribution in [1.29, 1.82) is 5.26 Å². The fourth-order valence-electron chi connectivity index (χ4n) is 8.27. The molecule has 1 nitrogen and oxygen atoms in total. The molecule has 0 spiro atoms. The van der Waals surface area contributed by atoms with Gasteiger partial charge in [0.25, 0.3) is 0 Å². The minimum absolute atomic E-state index is 0.222. The molecule has 2 aliphatic rings. The highest BCUT2D eigenvalue weighted by atomic mass is 14.5. The second-order valence-corrected chi connectivity index (χ2v) is 12.7. The Hall–Kier alpha value is -5.97. The van der Waals surface area contributed by atoms with E-state index >= 15 is 0 Å². The first-order valence-corrected chi connectivity index (χ1v) is 16.3. The highest BCUT2D eigenvalue weighted by Crippen LogP contribution is 2.60. The van der Waals surface area contributed by atoms with Gasteiger partial charge >= 0.3 is 0 Å². The summed E-state index contributed by atoms with van der Waals surface area (Å²) in [5.74, 6) is 0.222. The Morgan fingerprint density at radius 2 is 1.23 bits per heavy atom. The molecule has 47 heavy (non-hydrogen) atoms. The summed E-state index contributed by atoms with van der Waals surface area (Å²) in [5, 5.41) is 12.3. The SMILES string of the molecule is N#Cc1ccc(C2(c3ccccc3)c3c(-c4ccc5ccccc5c4)cccc3-c3cccc(C4C=Cc5ccccc5C4)c32)cc1. The largest absolute Gasteiger partial charge is 0.192 e. The second-order valence-electron chi connectivity index (χ2n) is 12.7. The molecule has 0 fully saturated rings. The van der Waals surface area contributed by atoms with E-state index in [1.165, 1.54) is 72.0 Å². The van der Waals surface area contributed by atoms with Gasteiger partial charge in [0.05, 0.1) is 17.0 Å². The maximum absolute atomic E-state index is 9.81. The van der Waals surface area contributed by atoms with Crippen LogP contribution >= 0.6 is 0 Å². The number of rotatable bonds is 4. The van der Waals surface area contributed by atoms with Gasteiger partial charge in [0, 0.05) is 5.92 Å². The maximum atomic E-state index is 9.81. The van der Waals surface area contributed by atoms with E-state index in [1.807, 2.05) is 12.1 Å². The number of benzene rings is 7. The minimum Gasteiger partial charge on any atom is -0.192 e. The predicted molar refractivity (Wildman–Crippen MR) is 193 cm³/mol. The van der Waals surface area contributed by atoms with Gasteiger partial charge < -0.3 is 0 Å². The van der Waals surface area contributed by atoms with Crippen molar-refractivity contribution in [1.82, 2.24) is 0 Å². The van der Waals surface area contributed by atoms with Crippen molar-refractivity contribution < 1.29 is 0 Å². The van der Waals surface area contributed by atoms with Gasteiger partial charge in [-0.25, -0.2) is 0 Å². The summed E-state index contributed by atoms with van der Waals surface area (Å²) in [6, 6.07) is 59.7. The predicted octanol–water partition coefficient (Wildman–Crippen LogP) is 11.1. The number of allylic oxidation sites excluding steroid dienone is 1.